The maximum absolute atomic E-state index is 13.7. The van der Waals surface area contributed by atoms with E-state index in [2.05, 4.69) is 0 Å². The normalized spacial score (nSPS) is 17.1. The molecule has 1 atom stereocenters. The molecule has 0 fully saturated rings. The number of halogens is 2. The summed E-state index contributed by atoms with van der Waals surface area (Å²) >= 11 is 6.00. The van der Waals surface area contributed by atoms with Gasteiger partial charge in [-0.2, -0.15) is 0 Å². The molecule has 104 valence electrons. The van der Waals surface area contributed by atoms with Crippen molar-refractivity contribution in [3.8, 4) is 5.75 Å². The van der Waals surface area contributed by atoms with Crippen molar-refractivity contribution < 1.29 is 9.13 Å². The molecule has 4 heteroatoms. The van der Waals surface area contributed by atoms with Crippen molar-refractivity contribution in [1.29, 1.82) is 0 Å². The molecule has 2 nitrogen and oxygen atoms in total. The molecule has 0 heterocycles. The van der Waals surface area contributed by atoms with Crippen LogP contribution in [-0.2, 0) is 13.0 Å². The lowest BCUT2D eigenvalue weighted by Crippen LogP contribution is -2.05. The van der Waals surface area contributed by atoms with E-state index in [0.717, 1.165) is 29.7 Å². The van der Waals surface area contributed by atoms with Gasteiger partial charge >= 0.3 is 0 Å². The summed E-state index contributed by atoms with van der Waals surface area (Å²) < 4.78 is 19.5. The average molecular weight is 292 g/mol. The SMILES string of the molecule is NC1CCc2c(OCc3c(F)cccc3Cl)cccc21. The quantitative estimate of drug-likeness (QED) is 0.927. The Hall–Kier alpha value is -1.58. The van der Waals surface area contributed by atoms with Crippen LogP contribution in [0.2, 0.25) is 5.02 Å². The minimum absolute atomic E-state index is 0.0746. The Morgan fingerprint density at radius 1 is 1.25 bits per heavy atom. The molecule has 0 radical (unpaired) electrons. The van der Waals surface area contributed by atoms with Crippen LogP contribution in [0.25, 0.3) is 0 Å². The van der Waals surface area contributed by atoms with E-state index in [1.165, 1.54) is 6.07 Å². The van der Waals surface area contributed by atoms with Gasteiger partial charge in [-0.15, -0.1) is 0 Å². The molecule has 20 heavy (non-hydrogen) atoms. The molecular formula is C16H15ClFNO. The lowest BCUT2D eigenvalue weighted by atomic mass is 10.1. The fourth-order valence-corrected chi connectivity index (χ4v) is 2.83. The van der Waals surface area contributed by atoms with Crippen molar-refractivity contribution in [2.24, 2.45) is 5.73 Å². The van der Waals surface area contributed by atoms with Crippen molar-refractivity contribution in [3.63, 3.8) is 0 Å². The third-order valence-electron chi connectivity index (χ3n) is 3.71. The number of benzene rings is 2. The number of nitrogens with two attached hydrogens (primary N) is 1. The summed E-state index contributed by atoms with van der Waals surface area (Å²) in [6, 6.07) is 10.5. The molecule has 0 aliphatic heterocycles. The lowest BCUT2D eigenvalue weighted by molar-refractivity contribution is 0.297. The summed E-state index contributed by atoms with van der Waals surface area (Å²) in [4.78, 5) is 0. The van der Waals surface area contributed by atoms with E-state index < -0.39 is 0 Å². The molecule has 0 amide bonds. The van der Waals surface area contributed by atoms with Gasteiger partial charge in [-0.25, -0.2) is 4.39 Å². The van der Waals surface area contributed by atoms with Crippen LogP contribution in [0.3, 0.4) is 0 Å². The van der Waals surface area contributed by atoms with Gasteiger partial charge in [-0.05, 0) is 42.2 Å². The monoisotopic (exact) mass is 291 g/mol. The number of rotatable bonds is 3. The Morgan fingerprint density at radius 3 is 2.85 bits per heavy atom. The van der Waals surface area contributed by atoms with Crippen LogP contribution < -0.4 is 10.5 Å². The van der Waals surface area contributed by atoms with E-state index in [0.29, 0.717) is 10.6 Å². The summed E-state index contributed by atoms with van der Waals surface area (Å²) in [6.07, 6.45) is 1.83. The Morgan fingerprint density at radius 2 is 2.05 bits per heavy atom. The van der Waals surface area contributed by atoms with Gasteiger partial charge < -0.3 is 10.5 Å². The second kappa shape index (κ2) is 5.43. The molecule has 2 N–H and O–H groups in total. The van der Waals surface area contributed by atoms with Gasteiger partial charge in [-0.1, -0.05) is 29.8 Å². The van der Waals surface area contributed by atoms with E-state index in [1.54, 1.807) is 12.1 Å². The summed E-state index contributed by atoms with van der Waals surface area (Å²) in [7, 11) is 0. The van der Waals surface area contributed by atoms with Gasteiger partial charge in [0.1, 0.15) is 18.2 Å². The Bertz CT molecular complexity index is 624. The van der Waals surface area contributed by atoms with Gasteiger partial charge in [0.25, 0.3) is 0 Å². The minimum atomic E-state index is -0.346. The molecule has 0 spiro atoms. The highest BCUT2D eigenvalue weighted by atomic mass is 35.5. The Balaban J connectivity index is 1.83. The van der Waals surface area contributed by atoms with E-state index in [4.69, 9.17) is 22.1 Å². The second-order valence-corrected chi connectivity index (χ2v) is 5.37. The summed E-state index contributed by atoms with van der Waals surface area (Å²) in [5, 5.41) is 0.384. The topological polar surface area (TPSA) is 35.2 Å². The first-order valence-electron chi connectivity index (χ1n) is 6.60. The first-order valence-corrected chi connectivity index (χ1v) is 6.97. The van der Waals surface area contributed by atoms with Crippen molar-refractivity contribution in [2.45, 2.75) is 25.5 Å². The first kappa shape index (κ1) is 13.4. The fourth-order valence-electron chi connectivity index (χ4n) is 2.61. The largest absolute Gasteiger partial charge is 0.488 e. The van der Waals surface area contributed by atoms with E-state index >= 15 is 0 Å². The van der Waals surface area contributed by atoms with Crippen LogP contribution >= 0.6 is 11.6 Å². The minimum Gasteiger partial charge on any atom is -0.488 e. The zero-order valence-corrected chi connectivity index (χ0v) is 11.7. The average Bonchev–Trinajstić information content (AvgIpc) is 2.81. The predicted molar refractivity (Wildman–Crippen MR) is 77.4 cm³/mol. The highest BCUT2D eigenvalue weighted by Crippen LogP contribution is 2.36. The van der Waals surface area contributed by atoms with Gasteiger partial charge in [0.05, 0.1) is 5.02 Å². The molecule has 2 aromatic rings. The number of ether oxygens (including phenoxy) is 1. The van der Waals surface area contributed by atoms with Crippen LogP contribution in [0.4, 0.5) is 4.39 Å². The van der Waals surface area contributed by atoms with Crippen LogP contribution in [0.1, 0.15) is 29.2 Å². The maximum Gasteiger partial charge on any atom is 0.131 e. The van der Waals surface area contributed by atoms with Gasteiger partial charge in [-0.3, -0.25) is 0 Å². The van der Waals surface area contributed by atoms with Crippen molar-refractivity contribution in [1.82, 2.24) is 0 Å². The maximum atomic E-state index is 13.7. The molecule has 3 rings (SSSR count). The van der Waals surface area contributed by atoms with Crippen LogP contribution in [-0.4, -0.2) is 0 Å². The lowest BCUT2D eigenvalue weighted by Gasteiger charge is -2.12. The van der Waals surface area contributed by atoms with Gasteiger partial charge in [0.15, 0.2) is 0 Å². The third-order valence-corrected chi connectivity index (χ3v) is 4.06. The molecular weight excluding hydrogens is 277 g/mol. The molecule has 2 aromatic carbocycles. The van der Waals surface area contributed by atoms with Crippen LogP contribution in [0, 0.1) is 5.82 Å². The highest BCUT2D eigenvalue weighted by molar-refractivity contribution is 6.31. The van der Waals surface area contributed by atoms with Crippen LogP contribution in [0.5, 0.6) is 5.75 Å². The zero-order chi connectivity index (χ0) is 14.1. The highest BCUT2D eigenvalue weighted by Gasteiger charge is 2.22. The van der Waals surface area contributed by atoms with Crippen LogP contribution in [0.15, 0.2) is 36.4 Å². The van der Waals surface area contributed by atoms with E-state index in [-0.39, 0.29) is 18.5 Å². The molecule has 0 bridgehead atoms. The molecule has 1 aliphatic carbocycles. The number of hydrogen-bond acceptors (Lipinski definition) is 2. The molecule has 1 unspecified atom stereocenters. The molecule has 0 aromatic heterocycles. The standard InChI is InChI=1S/C16H15ClFNO/c17-13-4-2-5-14(18)12(13)9-20-16-6-1-3-10-11(16)7-8-15(10)19/h1-6,15H,7-9,19H2. The smallest absolute Gasteiger partial charge is 0.131 e. The Labute approximate surface area is 122 Å². The first-order chi connectivity index (χ1) is 9.66. The zero-order valence-electron chi connectivity index (χ0n) is 10.9. The molecule has 0 saturated heterocycles. The number of hydrogen-bond donors (Lipinski definition) is 1. The van der Waals surface area contributed by atoms with E-state index in [1.807, 2.05) is 18.2 Å². The van der Waals surface area contributed by atoms with Gasteiger partial charge in [0, 0.05) is 11.6 Å². The summed E-state index contributed by atoms with van der Waals surface area (Å²) in [5.41, 5.74) is 8.68. The summed E-state index contributed by atoms with van der Waals surface area (Å²) in [6.45, 7) is 0.122. The second-order valence-electron chi connectivity index (χ2n) is 4.96. The predicted octanol–water partition coefficient (Wildman–Crippen LogP) is 4.00. The van der Waals surface area contributed by atoms with Crippen molar-refractivity contribution >= 4 is 11.6 Å². The van der Waals surface area contributed by atoms with E-state index in [9.17, 15) is 4.39 Å². The Kier molecular flexibility index (Phi) is 3.64. The summed E-state index contributed by atoms with van der Waals surface area (Å²) in [5.74, 6) is 0.427. The van der Waals surface area contributed by atoms with Crippen molar-refractivity contribution in [3.05, 3.63) is 63.9 Å². The third kappa shape index (κ3) is 2.39. The van der Waals surface area contributed by atoms with Crippen molar-refractivity contribution in [2.75, 3.05) is 0 Å². The molecule has 0 saturated carbocycles. The van der Waals surface area contributed by atoms with Gasteiger partial charge in [0.2, 0.25) is 0 Å². The number of fused-ring (bicyclic) bond motifs is 1. The fraction of sp³-hybridized carbons (Fsp3) is 0.250. The molecule has 1 aliphatic rings.